The number of thiophene rings is 1. The second-order valence-electron chi connectivity index (χ2n) is 4.29. The van der Waals surface area contributed by atoms with Crippen molar-refractivity contribution in [1.82, 2.24) is 4.90 Å². The molecule has 0 aliphatic heterocycles. The molecule has 0 aliphatic carbocycles. The summed E-state index contributed by atoms with van der Waals surface area (Å²) in [6, 6.07) is 2.36. The molecule has 4 nitrogen and oxygen atoms in total. The maximum atomic E-state index is 8.65. The highest BCUT2D eigenvalue weighted by Crippen LogP contribution is 2.30. The largest absolute Gasteiger partial charge is 0.394 e. The monoisotopic (exact) mass is 336 g/mol. The lowest BCUT2D eigenvalue weighted by Gasteiger charge is -2.30. The number of ether oxygens (including phenoxy) is 1. The highest BCUT2D eigenvalue weighted by molar-refractivity contribution is 9.10. The second kappa shape index (κ2) is 8.24. The van der Waals surface area contributed by atoms with Crippen LogP contribution in [0.3, 0.4) is 0 Å². The van der Waals surface area contributed by atoms with E-state index >= 15 is 0 Å². The van der Waals surface area contributed by atoms with Crippen LogP contribution in [0.1, 0.15) is 17.8 Å². The van der Waals surface area contributed by atoms with Crippen LogP contribution in [0.2, 0.25) is 0 Å². The lowest BCUT2D eigenvalue weighted by atomic mass is 10.1. The Balaban J connectivity index is 2.56. The van der Waals surface area contributed by atoms with E-state index in [1.807, 2.05) is 14.0 Å². The smallest absolute Gasteiger partial charge is 0.0698 e. The van der Waals surface area contributed by atoms with Crippen LogP contribution in [-0.2, 0) is 4.74 Å². The fourth-order valence-corrected chi connectivity index (χ4v) is 3.60. The van der Waals surface area contributed by atoms with Crippen molar-refractivity contribution in [1.29, 1.82) is 0 Å². The van der Waals surface area contributed by atoms with Crippen LogP contribution in [0.5, 0.6) is 0 Å². The molecule has 0 radical (unpaired) electrons. The molecule has 0 saturated heterocycles. The third-order valence-corrected chi connectivity index (χ3v) is 4.44. The van der Waals surface area contributed by atoms with Crippen molar-refractivity contribution in [2.75, 3.05) is 33.4 Å². The Hall–Kier alpha value is 0.0200. The van der Waals surface area contributed by atoms with Gasteiger partial charge in [0.25, 0.3) is 0 Å². The van der Waals surface area contributed by atoms with Crippen LogP contribution >= 0.6 is 27.3 Å². The zero-order chi connectivity index (χ0) is 13.5. The Morgan fingerprint density at radius 1 is 1.56 bits per heavy atom. The summed E-state index contributed by atoms with van der Waals surface area (Å²) in [5.41, 5.74) is 6.08. The molecule has 1 rings (SSSR count). The molecule has 104 valence electrons. The van der Waals surface area contributed by atoms with Crippen molar-refractivity contribution >= 4 is 27.3 Å². The van der Waals surface area contributed by atoms with Gasteiger partial charge in [0.15, 0.2) is 0 Å². The van der Waals surface area contributed by atoms with Crippen LogP contribution in [0.15, 0.2) is 15.9 Å². The SMILES string of the molecule is CC(N)C(c1cc(Br)cs1)N(C)CCOCCO. The zero-order valence-electron chi connectivity index (χ0n) is 10.8. The van der Waals surface area contributed by atoms with Crippen molar-refractivity contribution in [3.05, 3.63) is 20.8 Å². The van der Waals surface area contributed by atoms with E-state index in [-0.39, 0.29) is 18.7 Å². The maximum absolute atomic E-state index is 8.65. The minimum Gasteiger partial charge on any atom is -0.394 e. The predicted molar refractivity (Wildman–Crippen MR) is 78.9 cm³/mol. The van der Waals surface area contributed by atoms with Gasteiger partial charge in [-0.2, -0.15) is 0 Å². The van der Waals surface area contributed by atoms with E-state index in [2.05, 4.69) is 32.3 Å². The van der Waals surface area contributed by atoms with E-state index in [1.54, 1.807) is 11.3 Å². The fourth-order valence-electron chi connectivity index (χ4n) is 1.88. The Kier molecular flexibility index (Phi) is 7.36. The molecule has 2 atom stereocenters. The summed E-state index contributed by atoms with van der Waals surface area (Å²) in [7, 11) is 2.05. The first-order valence-corrected chi connectivity index (χ1v) is 7.62. The highest BCUT2D eigenvalue weighted by Gasteiger charge is 2.22. The molecule has 3 N–H and O–H groups in total. The molecule has 0 saturated carbocycles. The maximum Gasteiger partial charge on any atom is 0.0698 e. The van der Waals surface area contributed by atoms with Crippen LogP contribution in [0.25, 0.3) is 0 Å². The van der Waals surface area contributed by atoms with Gasteiger partial charge in [-0.05, 0) is 36.0 Å². The molecule has 0 aliphatic rings. The predicted octanol–water partition coefficient (Wildman–Crippen LogP) is 1.84. The van der Waals surface area contributed by atoms with E-state index in [1.165, 1.54) is 4.88 Å². The third-order valence-electron chi connectivity index (χ3n) is 2.68. The van der Waals surface area contributed by atoms with E-state index < -0.39 is 0 Å². The molecular formula is C12H21BrN2O2S. The highest BCUT2D eigenvalue weighted by atomic mass is 79.9. The molecule has 0 spiro atoms. The molecule has 1 heterocycles. The summed E-state index contributed by atoms with van der Waals surface area (Å²) < 4.78 is 6.38. The van der Waals surface area contributed by atoms with Gasteiger partial charge in [0.05, 0.1) is 25.9 Å². The summed E-state index contributed by atoms with van der Waals surface area (Å²) in [5.74, 6) is 0. The Bertz CT molecular complexity index is 347. The van der Waals surface area contributed by atoms with Gasteiger partial charge in [-0.3, -0.25) is 4.90 Å². The van der Waals surface area contributed by atoms with Crippen molar-refractivity contribution in [3.8, 4) is 0 Å². The number of hydrogen-bond acceptors (Lipinski definition) is 5. The average molecular weight is 337 g/mol. The summed E-state index contributed by atoms with van der Waals surface area (Å²) in [6.45, 7) is 3.87. The number of rotatable bonds is 8. The normalized spacial score (nSPS) is 15.0. The summed E-state index contributed by atoms with van der Waals surface area (Å²) in [6.07, 6.45) is 0. The first-order valence-electron chi connectivity index (χ1n) is 5.94. The molecule has 0 fully saturated rings. The molecule has 0 amide bonds. The standard InChI is InChI=1S/C12H21BrN2O2S/c1-9(14)12(11-7-10(13)8-18-11)15(2)3-5-17-6-4-16/h7-9,12,16H,3-6,14H2,1-2H3. The number of aliphatic hydroxyl groups excluding tert-OH is 1. The van der Waals surface area contributed by atoms with Crippen molar-refractivity contribution < 1.29 is 9.84 Å². The third kappa shape index (κ3) is 4.95. The Morgan fingerprint density at radius 2 is 2.28 bits per heavy atom. The van der Waals surface area contributed by atoms with Gasteiger partial charge in [-0.15, -0.1) is 11.3 Å². The van der Waals surface area contributed by atoms with E-state index in [4.69, 9.17) is 15.6 Å². The summed E-state index contributed by atoms with van der Waals surface area (Å²) in [4.78, 5) is 3.45. The van der Waals surface area contributed by atoms with E-state index in [9.17, 15) is 0 Å². The van der Waals surface area contributed by atoms with Crippen molar-refractivity contribution in [2.24, 2.45) is 5.73 Å². The average Bonchev–Trinajstić information content (AvgIpc) is 2.71. The minimum absolute atomic E-state index is 0.0541. The molecule has 1 aromatic heterocycles. The van der Waals surface area contributed by atoms with Gasteiger partial charge in [-0.25, -0.2) is 0 Å². The fraction of sp³-hybridized carbons (Fsp3) is 0.667. The van der Waals surface area contributed by atoms with Crippen molar-refractivity contribution in [2.45, 2.75) is 19.0 Å². The lowest BCUT2D eigenvalue weighted by Crippen LogP contribution is -2.38. The Labute approximate surface area is 121 Å². The molecular weight excluding hydrogens is 316 g/mol. The number of hydrogen-bond donors (Lipinski definition) is 2. The second-order valence-corrected chi connectivity index (χ2v) is 6.15. The van der Waals surface area contributed by atoms with Crippen molar-refractivity contribution in [3.63, 3.8) is 0 Å². The molecule has 1 aromatic rings. The first-order chi connectivity index (χ1) is 8.56. The van der Waals surface area contributed by atoms with Crippen LogP contribution in [0.4, 0.5) is 0 Å². The first kappa shape index (κ1) is 16.1. The number of likely N-dealkylation sites (N-methyl/N-ethyl adjacent to an activating group) is 1. The summed E-state index contributed by atoms with van der Waals surface area (Å²) >= 11 is 5.18. The quantitative estimate of drug-likeness (QED) is 0.711. The van der Waals surface area contributed by atoms with E-state index in [0.29, 0.717) is 13.2 Å². The van der Waals surface area contributed by atoms with Crippen LogP contribution < -0.4 is 5.73 Å². The van der Waals surface area contributed by atoms with Gasteiger partial charge in [0.2, 0.25) is 0 Å². The number of nitrogens with zero attached hydrogens (tertiary/aromatic N) is 1. The van der Waals surface area contributed by atoms with Gasteiger partial charge >= 0.3 is 0 Å². The minimum atomic E-state index is 0.0541. The molecule has 0 bridgehead atoms. The van der Waals surface area contributed by atoms with E-state index in [0.717, 1.165) is 11.0 Å². The molecule has 0 aromatic carbocycles. The molecule has 2 unspecified atom stereocenters. The van der Waals surface area contributed by atoms with Gasteiger partial charge in [0, 0.05) is 27.3 Å². The van der Waals surface area contributed by atoms with Gasteiger partial charge < -0.3 is 15.6 Å². The van der Waals surface area contributed by atoms with Gasteiger partial charge in [-0.1, -0.05) is 0 Å². The molecule has 18 heavy (non-hydrogen) atoms. The van der Waals surface area contributed by atoms with Crippen LogP contribution in [-0.4, -0.2) is 49.5 Å². The van der Waals surface area contributed by atoms with Crippen LogP contribution in [0, 0.1) is 0 Å². The lowest BCUT2D eigenvalue weighted by molar-refractivity contribution is 0.0683. The zero-order valence-corrected chi connectivity index (χ0v) is 13.2. The van der Waals surface area contributed by atoms with Gasteiger partial charge in [0.1, 0.15) is 0 Å². The number of halogens is 1. The Morgan fingerprint density at radius 3 is 2.78 bits per heavy atom. The number of nitrogens with two attached hydrogens (primary N) is 1. The number of aliphatic hydroxyl groups is 1. The molecule has 6 heteroatoms. The topological polar surface area (TPSA) is 58.7 Å². The summed E-state index contributed by atoms with van der Waals surface area (Å²) in [5, 5.41) is 10.7.